The van der Waals surface area contributed by atoms with Gasteiger partial charge in [0.15, 0.2) is 0 Å². The molecule has 2 aromatic rings. The van der Waals surface area contributed by atoms with Crippen LogP contribution in [0.1, 0.15) is 32.8 Å². The number of nitrogens with zero attached hydrogens (tertiary/aromatic N) is 1. The lowest BCUT2D eigenvalue weighted by molar-refractivity contribution is -0.206. The third kappa shape index (κ3) is 3.63. The molecule has 0 N–H and O–H groups in total. The molecule has 0 saturated carbocycles. The van der Waals surface area contributed by atoms with Gasteiger partial charge in [-0.15, -0.1) is 0 Å². The van der Waals surface area contributed by atoms with E-state index in [0.717, 1.165) is 5.56 Å². The largest absolute Gasteiger partial charge is 0.363 e. The second-order valence-electron chi connectivity index (χ2n) is 7.21. The molecule has 138 valence electrons. The van der Waals surface area contributed by atoms with Gasteiger partial charge in [0.25, 0.3) is 0 Å². The molecule has 0 radical (unpaired) electrons. The van der Waals surface area contributed by atoms with E-state index >= 15 is 0 Å². The molecular weight excluding hydrogens is 414 g/mol. The lowest BCUT2D eigenvalue weighted by Gasteiger charge is -2.50. The molecule has 1 aliphatic rings. The van der Waals surface area contributed by atoms with E-state index in [9.17, 15) is 4.79 Å². The molecule has 2 heterocycles. The van der Waals surface area contributed by atoms with Gasteiger partial charge in [-0.05, 0) is 44.9 Å². The predicted octanol–water partition coefficient (Wildman–Crippen LogP) is 4.67. The molecule has 0 amide bonds. The summed E-state index contributed by atoms with van der Waals surface area (Å²) in [5.74, 6) is -0.775. The fourth-order valence-electron chi connectivity index (χ4n) is 3.43. The lowest BCUT2D eigenvalue weighted by atomic mass is 9.76. The Labute approximate surface area is 167 Å². The maximum absolute atomic E-state index is 12.8. The fourth-order valence-corrected chi connectivity index (χ4v) is 4.34. The summed E-state index contributed by atoms with van der Waals surface area (Å²) in [5, 5.41) is 0. The number of hydrogen-bond acceptors (Lipinski definition) is 4. The second kappa shape index (κ2) is 7.25. The number of benzene rings is 1. The summed E-state index contributed by atoms with van der Waals surface area (Å²) >= 11 is 8.95. The number of pyridine rings is 1. The normalized spacial score (nSPS) is 27.7. The standard InChI is InChI=1S/C20H22BrNO3S/c1-19(2)15(18(23)24-22-12-8-7-11-17(22)26)13-16(21)20(3,25-19)14-9-5-4-6-10-14/h4-12,15-16H,13H2,1-3H3/t15-,16-,20+/m0/s1. The van der Waals surface area contributed by atoms with Crippen LogP contribution in [-0.4, -0.2) is 21.1 Å². The highest BCUT2D eigenvalue weighted by Gasteiger charge is 2.52. The molecule has 3 atom stereocenters. The average molecular weight is 436 g/mol. The Morgan fingerprint density at radius 2 is 1.85 bits per heavy atom. The van der Waals surface area contributed by atoms with Crippen molar-refractivity contribution < 1.29 is 14.4 Å². The maximum atomic E-state index is 12.8. The Balaban J connectivity index is 1.84. The lowest BCUT2D eigenvalue weighted by Crippen LogP contribution is -2.56. The Bertz CT molecular complexity index is 851. The van der Waals surface area contributed by atoms with Gasteiger partial charge >= 0.3 is 5.97 Å². The van der Waals surface area contributed by atoms with Crippen LogP contribution in [0.15, 0.2) is 54.7 Å². The molecule has 0 spiro atoms. The number of aromatic nitrogens is 1. The van der Waals surface area contributed by atoms with Crippen molar-refractivity contribution in [1.29, 1.82) is 0 Å². The zero-order valence-electron chi connectivity index (χ0n) is 15.0. The molecule has 6 heteroatoms. The van der Waals surface area contributed by atoms with E-state index in [-0.39, 0.29) is 10.8 Å². The van der Waals surface area contributed by atoms with Crippen LogP contribution in [0.4, 0.5) is 0 Å². The molecule has 3 rings (SSSR count). The summed E-state index contributed by atoms with van der Waals surface area (Å²) in [4.78, 5) is 18.3. The van der Waals surface area contributed by atoms with E-state index < -0.39 is 17.1 Å². The number of rotatable bonds is 3. The monoisotopic (exact) mass is 435 g/mol. The van der Waals surface area contributed by atoms with E-state index in [1.807, 2.05) is 44.2 Å². The third-order valence-corrected chi connectivity index (χ3v) is 6.53. The molecule has 1 saturated heterocycles. The third-order valence-electron chi connectivity index (χ3n) is 4.96. The highest BCUT2D eigenvalue weighted by molar-refractivity contribution is 9.09. The van der Waals surface area contributed by atoms with E-state index in [1.165, 1.54) is 4.73 Å². The van der Waals surface area contributed by atoms with E-state index in [0.29, 0.717) is 11.1 Å². The quantitative estimate of drug-likeness (QED) is 0.518. The zero-order valence-corrected chi connectivity index (χ0v) is 17.4. The average Bonchev–Trinajstić information content (AvgIpc) is 2.60. The molecule has 1 aliphatic heterocycles. The summed E-state index contributed by atoms with van der Waals surface area (Å²) in [6, 6.07) is 15.4. The van der Waals surface area contributed by atoms with Crippen molar-refractivity contribution >= 4 is 34.1 Å². The van der Waals surface area contributed by atoms with Gasteiger partial charge in [-0.25, -0.2) is 4.79 Å². The van der Waals surface area contributed by atoms with Crippen LogP contribution in [0.3, 0.4) is 0 Å². The highest BCUT2D eigenvalue weighted by Crippen LogP contribution is 2.48. The Morgan fingerprint density at radius 3 is 2.50 bits per heavy atom. The topological polar surface area (TPSA) is 40.5 Å². The van der Waals surface area contributed by atoms with Gasteiger partial charge in [-0.1, -0.05) is 64.5 Å². The van der Waals surface area contributed by atoms with E-state index in [4.69, 9.17) is 21.8 Å². The molecule has 1 aromatic carbocycles. The van der Waals surface area contributed by atoms with Crippen molar-refractivity contribution in [2.24, 2.45) is 5.92 Å². The summed E-state index contributed by atoms with van der Waals surface area (Å²) in [6.45, 7) is 5.92. The summed E-state index contributed by atoms with van der Waals surface area (Å²) in [6.07, 6.45) is 2.23. The van der Waals surface area contributed by atoms with Gasteiger partial charge in [0.2, 0.25) is 0 Å². The number of alkyl halides is 1. The smallest absolute Gasteiger partial charge is 0.338 e. The maximum Gasteiger partial charge on any atom is 0.338 e. The van der Waals surface area contributed by atoms with Crippen LogP contribution in [0.25, 0.3) is 0 Å². The van der Waals surface area contributed by atoms with Crippen molar-refractivity contribution in [3.8, 4) is 0 Å². The van der Waals surface area contributed by atoms with Crippen molar-refractivity contribution in [3.63, 3.8) is 0 Å². The van der Waals surface area contributed by atoms with Crippen LogP contribution < -0.4 is 4.84 Å². The molecule has 1 fully saturated rings. The Kier molecular flexibility index (Phi) is 5.37. The van der Waals surface area contributed by atoms with Crippen LogP contribution >= 0.6 is 28.1 Å². The van der Waals surface area contributed by atoms with Crippen LogP contribution in [-0.2, 0) is 15.1 Å². The molecular formula is C20H22BrNO3S. The van der Waals surface area contributed by atoms with Crippen molar-refractivity contribution in [3.05, 3.63) is 64.9 Å². The fraction of sp³-hybridized carbons (Fsp3) is 0.400. The van der Waals surface area contributed by atoms with Gasteiger partial charge in [-0.2, -0.15) is 4.73 Å². The molecule has 26 heavy (non-hydrogen) atoms. The van der Waals surface area contributed by atoms with Crippen LogP contribution in [0.5, 0.6) is 0 Å². The van der Waals surface area contributed by atoms with Crippen LogP contribution in [0.2, 0.25) is 0 Å². The first kappa shape index (κ1) is 19.3. The van der Waals surface area contributed by atoms with Gasteiger partial charge in [0.05, 0.1) is 11.5 Å². The van der Waals surface area contributed by atoms with Gasteiger partial charge < -0.3 is 9.57 Å². The summed E-state index contributed by atoms with van der Waals surface area (Å²) < 4.78 is 8.24. The van der Waals surface area contributed by atoms with Crippen molar-refractivity contribution in [2.75, 3.05) is 0 Å². The molecule has 0 unspecified atom stereocenters. The first-order valence-electron chi connectivity index (χ1n) is 8.54. The SMILES string of the molecule is CC1(C)O[C@](C)(c2ccccc2)[C@@H](Br)C[C@H]1C(=O)On1ccccc1=S. The van der Waals surface area contributed by atoms with Crippen molar-refractivity contribution in [1.82, 2.24) is 4.73 Å². The van der Waals surface area contributed by atoms with Crippen LogP contribution in [0, 0.1) is 10.6 Å². The Morgan fingerprint density at radius 1 is 1.19 bits per heavy atom. The van der Waals surface area contributed by atoms with E-state index in [1.54, 1.807) is 24.4 Å². The number of carbonyl (C=O) groups excluding carboxylic acids is 1. The number of halogens is 1. The number of carbonyl (C=O) groups is 1. The highest BCUT2D eigenvalue weighted by atomic mass is 79.9. The Hall–Kier alpha value is -1.50. The zero-order chi connectivity index (χ0) is 18.9. The minimum Gasteiger partial charge on any atom is -0.363 e. The summed E-state index contributed by atoms with van der Waals surface area (Å²) in [7, 11) is 0. The molecule has 0 bridgehead atoms. The van der Waals surface area contributed by atoms with Gasteiger partial charge in [-0.3, -0.25) is 0 Å². The molecule has 1 aromatic heterocycles. The molecule has 4 nitrogen and oxygen atoms in total. The first-order valence-corrected chi connectivity index (χ1v) is 9.86. The number of ether oxygens (including phenoxy) is 1. The minimum atomic E-state index is -0.692. The van der Waals surface area contributed by atoms with Crippen molar-refractivity contribution in [2.45, 2.75) is 43.2 Å². The second-order valence-corrected chi connectivity index (χ2v) is 8.73. The number of hydrogen-bond donors (Lipinski definition) is 0. The predicted molar refractivity (Wildman–Crippen MR) is 107 cm³/mol. The minimum absolute atomic E-state index is 0.0354. The molecule has 0 aliphatic carbocycles. The first-order chi connectivity index (χ1) is 12.2. The van der Waals surface area contributed by atoms with Gasteiger partial charge in [0, 0.05) is 11.0 Å². The van der Waals surface area contributed by atoms with Gasteiger partial charge in [0.1, 0.15) is 10.2 Å². The van der Waals surface area contributed by atoms with E-state index in [2.05, 4.69) is 22.9 Å². The summed E-state index contributed by atoms with van der Waals surface area (Å²) in [5.41, 5.74) is -0.153.